The molecule has 1 aliphatic carbocycles. The predicted molar refractivity (Wildman–Crippen MR) is 39.0 cm³/mol. The van der Waals surface area contributed by atoms with E-state index in [0.29, 0.717) is 18.4 Å². The molecule has 0 unspecified atom stereocenters. The molecule has 1 fully saturated rings. The third kappa shape index (κ3) is 1.07. The smallest absolute Gasteiger partial charge is 0.324 e. The zero-order valence-corrected chi connectivity index (χ0v) is 6.08. The zero-order valence-electron chi connectivity index (χ0n) is 6.08. The van der Waals surface area contributed by atoms with Gasteiger partial charge < -0.3 is 5.73 Å². The number of hydrogen-bond donors (Lipinski definition) is 2. The lowest BCUT2D eigenvalue weighted by Crippen LogP contribution is -2.16. The lowest BCUT2D eigenvalue weighted by molar-refractivity contribution is 0.609. The zero-order chi connectivity index (χ0) is 7.84. The van der Waals surface area contributed by atoms with E-state index in [1.54, 1.807) is 0 Å². The summed E-state index contributed by atoms with van der Waals surface area (Å²) in [6, 6.07) is 0.332. The second-order valence-electron chi connectivity index (χ2n) is 2.76. The molecule has 0 bridgehead atoms. The predicted octanol–water partition coefficient (Wildman–Crippen LogP) is -0.635. The molecule has 1 saturated carbocycles. The van der Waals surface area contributed by atoms with Crippen LogP contribution in [0.15, 0.2) is 4.79 Å². The fourth-order valence-electron chi connectivity index (χ4n) is 1.04. The summed E-state index contributed by atoms with van der Waals surface area (Å²) in [6.45, 7) is 0.301. The van der Waals surface area contributed by atoms with Gasteiger partial charge in [0.25, 0.3) is 0 Å². The highest BCUT2D eigenvalue weighted by Gasteiger charge is 2.26. The van der Waals surface area contributed by atoms with Crippen LogP contribution in [0.4, 0.5) is 0 Å². The van der Waals surface area contributed by atoms with Gasteiger partial charge in [0.1, 0.15) is 5.82 Å². The van der Waals surface area contributed by atoms with Crippen molar-refractivity contribution in [3.63, 3.8) is 0 Å². The number of H-pyrrole nitrogens is 1. The van der Waals surface area contributed by atoms with E-state index in [1.165, 1.54) is 4.68 Å². The van der Waals surface area contributed by atoms with Crippen LogP contribution in [-0.4, -0.2) is 14.8 Å². The molecule has 3 N–H and O–H groups in total. The molecule has 5 nitrogen and oxygen atoms in total. The molecule has 0 spiro atoms. The molecule has 5 heteroatoms. The first-order valence-electron chi connectivity index (χ1n) is 3.69. The molecule has 1 heterocycles. The Kier molecular flexibility index (Phi) is 1.32. The quantitative estimate of drug-likeness (QED) is 0.595. The Morgan fingerprint density at radius 3 is 2.91 bits per heavy atom. The maximum Gasteiger partial charge on any atom is 0.343 e. The molecular formula is C6H10N4O. The molecule has 0 aliphatic heterocycles. The van der Waals surface area contributed by atoms with Gasteiger partial charge in [-0.1, -0.05) is 0 Å². The molecule has 2 rings (SSSR count). The van der Waals surface area contributed by atoms with Crippen molar-refractivity contribution in [2.24, 2.45) is 5.73 Å². The second kappa shape index (κ2) is 2.20. The van der Waals surface area contributed by atoms with Gasteiger partial charge in [0, 0.05) is 0 Å². The number of nitrogens with one attached hydrogen (secondary N) is 1. The Hall–Kier alpha value is -1.10. The first-order valence-corrected chi connectivity index (χ1v) is 3.69. The van der Waals surface area contributed by atoms with Crippen LogP contribution in [0, 0.1) is 0 Å². The van der Waals surface area contributed by atoms with Crippen LogP contribution in [-0.2, 0) is 6.54 Å². The van der Waals surface area contributed by atoms with E-state index >= 15 is 0 Å². The van der Waals surface area contributed by atoms with Gasteiger partial charge >= 0.3 is 5.69 Å². The van der Waals surface area contributed by atoms with E-state index < -0.39 is 0 Å². The first kappa shape index (κ1) is 6.60. The Morgan fingerprint density at radius 1 is 1.73 bits per heavy atom. The maximum absolute atomic E-state index is 11.1. The van der Waals surface area contributed by atoms with Crippen LogP contribution in [0.3, 0.4) is 0 Å². The third-order valence-electron chi connectivity index (χ3n) is 1.77. The number of aromatic amines is 1. The van der Waals surface area contributed by atoms with E-state index in [9.17, 15) is 4.79 Å². The molecule has 1 aliphatic rings. The van der Waals surface area contributed by atoms with Crippen molar-refractivity contribution >= 4 is 0 Å². The Balaban J connectivity index is 2.38. The average Bonchev–Trinajstić information content (AvgIpc) is 2.76. The van der Waals surface area contributed by atoms with Crippen molar-refractivity contribution in [3.8, 4) is 0 Å². The minimum Gasteiger partial charge on any atom is -0.324 e. The monoisotopic (exact) mass is 154 g/mol. The Bertz CT molecular complexity index is 309. The Morgan fingerprint density at radius 2 is 2.45 bits per heavy atom. The summed E-state index contributed by atoms with van der Waals surface area (Å²) in [5, 5.41) is 4.01. The van der Waals surface area contributed by atoms with Crippen molar-refractivity contribution < 1.29 is 0 Å². The lowest BCUT2D eigenvalue weighted by Gasteiger charge is -1.90. The summed E-state index contributed by atoms with van der Waals surface area (Å²) in [5.74, 6) is 0.571. The van der Waals surface area contributed by atoms with Crippen LogP contribution in [0.25, 0.3) is 0 Å². The van der Waals surface area contributed by atoms with E-state index in [1.807, 2.05) is 0 Å². The van der Waals surface area contributed by atoms with Crippen LogP contribution >= 0.6 is 0 Å². The van der Waals surface area contributed by atoms with E-state index in [0.717, 1.165) is 12.8 Å². The van der Waals surface area contributed by atoms with Crippen molar-refractivity contribution in [1.82, 2.24) is 14.8 Å². The minimum atomic E-state index is -0.132. The van der Waals surface area contributed by atoms with Crippen molar-refractivity contribution in [1.29, 1.82) is 0 Å². The fraction of sp³-hybridized carbons (Fsp3) is 0.667. The number of nitrogens with two attached hydrogens (primary N) is 1. The van der Waals surface area contributed by atoms with Crippen molar-refractivity contribution in [3.05, 3.63) is 16.3 Å². The summed E-state index contributed by atoms with van der Waals surface area (Å²) in [5.41, 5.74) is 5.18. The topological polar surface area (TPSA) is 76.7 Å². The van der Waals surface area contributed by atoms with Gasteiger partial charge in [0.15, 0.2) is 0 Å². The first-order chi connectivity index (χ1) is 5.31. The number of aromatic nitrogens is 3. The summed E-state index contributed by atoms with van der Waals surface area (Å²) in [6.07, 6.45) is 2.13. The van der Waals surface area contributed by atoms with Gasteiger partial charge in [-0.05, 0) is 12.8 Å². The highest BCUT2D eigenvalue weighted by atomic mass is 16.2. The maximum atomic E-state index is 11.1. The van der Waals surface area contributed by atoms with Crippen molar-refractivity contribution in [2.75, 3.05) is 0 Å². The SMILES string of the molecule is NCc1nn(C2CC2)c(=O)[nH]1. The summed E-state index contributed by atoms with van der Waals surface area (Å²) in [7, 11) is 0. The van der Waals surface area contributed by atoms with E-state index in [4.69, 9.17) is 5.73 Å². The van der Waals surface area contributed by atoms with Gasteiger partial charge in [-0.15, -0.1) is 0 Å². The molecule has 0 radical (unpaired) electrons. The highest BCUT2D eigenvalue weighted by molar-refractivity contribution is 4.87. The van der Waals surface area contributed by atoms with Gasteiger partial charge in [0.05, 0.1) is 12.6 Å². The molecule has 0 saturated heterocycles. The Labute approximate surface area is 63.2 Å². The normalized spacial score (nSPS) is 17.2. The van der Waals surface area contributed by atoms with Gasteiger partial charge in [-0.2, -0.15) is 5.10 Å². The molecule has 1 aromatic heterocycles. The summed E-state index contributed by atoms with van der Waals surface area (Å²) in [4.78, 5) is 13.7. The average molecular weight is 154 g/mol. The van der Waals surface area contributed by atoms with E-state index in [2.05, 4.69) is 10.1 Å². The van der Waals surface area contributed by atoms with Gasteiger partial charge in [-0.3, -0.25) is 4.98 Å². The van der Waals surface area contributed by atoms with Gasteiger partial charge in [-0.25, -0.2) is 9.48 Å². The van der Waals surface area contributed by atoms with Crippen LogP contribution in [0.2, 0.25) is 0 Å². The molecule has 11 heavy (non-hydrogen) atoms. The summed E-state index contributed by atoms with van der Waals surface area (Å²) < 4.78 is 1.49. The minimum absolute atomic E-state index is 0.132. The molecular weight excluding hydrogens is 144 g/mol. The largest absolute Gasteiger partial charge is 0.343 e. The lowest BCUT2D eigenvalue weighted by atomic mass is 10.6. The third-order valence-corrected chi connectivity index (χ3v) is 1.77. The highest BCUT2D eigenvalue weighted by Crippen LogP contribution is 2.32. The van der Waals surface area contributed by atoms with Crippen molar-refractivity contribution in [2.45, 2.75) is 25.4 Å². The molecule has 0 amide bonds. The van der Waals surface area contributed by atoms with Gasteiger partial charge in [0.2, 0.25) is 0 Å². The number of nitrogens with zero attached hydrogens (tertiary/aromatic N) is 2. The number of hydrogen-bond acceptors (Lipinski definition) is 3. The molecule has 0 atom stereocenters. The van der Waals surface area contributed by atoms with Crippen LogP contribution < -0.4 is 11.4 Å². The fourth-order valence-corrected chi connectivity index (χ4v) is 1.04. The number of rotatable bonds is 2. The van der Waals surface area contributed by atoms with Crippen LogP contribution in [0.5, 0.6) is 0 Å². The standard InChI is InChI=1S/C6H10N4O/c7-3-5-8-6(11)10(9-5)4-1-2-4/h4H,1-3,7H2,(H,8,9,11). The molecule has 0 aromatic carbocycles. The second-order valence-corrected chi connectivity index (χ2v) is 2.76. The van der Waals surface area contributed by atoms with E-state index in [-0.39, 0.29) is 5.69 Å². The molecule has 1 aromatic rings. The molecule has 60 valence electrons. The summed E-state index contributed by atoms with van der Waals surface area (Å²) >= 11 is 0. The van der Waals surface area contributed by atoms with Crippen LogP contribution in [0.1, 0.15) is 24.7 Å².